The number of nitrogens with two attached hydrogens (primary N) is 1. The number of nitrogen functional groups attached to an aromatic ring is 1. The van der Waals surface area contributed by atoms with Crippen molar-refractivity contribution in [1.29, 1.82) is 0 Å². The molecular weight excluding hydrogens is 322 g/mol. The summed E-state index contributed by atoms with van der Waals surface area (Å²) in [5.74, 6) is 0.385. The third-order valence-corrected chi connectivity index (χ3v) is 4.55. The zero-order chi connectivity index (χ0) is 18.3. The van der Waals surface area contributed by atoms with E-state index in [1.54, 1.807) is 24.4 Å². The van der Waals surface area contributed by atoms with Crippen molar-refractivity contribution in [2.45, 2.75) is 44.5 Å². The van der Waals surface area contributed by atoms with Gasteiger partial charge in [-0.3, -0.25) is 4.98 Å². The highest BCUT2D eigenvalue weighted by atomic mass is 16.6. The molecule has 25 heavy (non-hydrogen) atoms. The third-order valence-electron chi connectivity index (χ3n) is 4.55. The van der Waals surface area contributed by atoms with Crippen LogP contribution in [0.5, 0.6) is 0 Å². The van der Waals surface area contributed by atoms with E-state index < -0.39 is 30.6 Å². The highest BCUT2D eigenvalue weighted by Crippen LogP contribution is 2.38. The minimum absolute atomic E-state index is 0.385. The number of aryl methyl sites for hydroxylation is 1. The van der Waals surface area contributed by atoms with Crippen molar-refractivity contribution in [2.24, 2.45) is 0 Å². The minimum atomic E-state index is -1.27. The van der Waals surface area contributed by atoms with Crippen LogP contribution in [0, 0.1) is 6.92 Å². The van der Waals surface area contributed by atoms with Crippen LogP contribution >= 0.6 is 0 Å². The first-order valence-corrected chi connectivity index (χ1v) is 8.05. The summed E-state index contributed by atoms with van der Waals surface area (Å²) in [6, 6.07) is 5.25. The van der Waals surface area contributed by atoms with Gasteiger partial charge in [0.1, 0.15) is 30.2 Å². The first-order valence-electron chi connectivity index (χ1n) is 8.05. The van der Waals surface area contributed by atoms with Gasteiger partial charge in [-0.1, -0.05) is 12.6 Å². The van der Waals surface area contributed by atoms with Crippen molar-refractivity contribution in [3.05, 3.63) is 54.0 Å². The second kappa shape index (κ2) is 6.61. The maximum Gasteiger partial charge on any atom is 0.164 e. The van der Waals surface area contributed by atoms with Gasteiger partial charge in [0, 0.05) is 29.2 Å². The first kappa shape index (κ1) is 17.6. The Labute approximate surface area is 146 Å². The fourth-order valence-electron chi connectivity index (χ4n) is 3.06. The fraction of sp³-hybridized carbons (Fsp3) is 0.389. The largest absolute Gasteiger partial charge is 0.387 e. The second-order valence-electron chi connectivity index (χ2n) is 6.45. The smallest absolute Gasteiger partial charge is 0.164 e. The average molecular weight is 345 g/mol. The summed E-state index contributed by atoms with van der Waals surface area (Å²) in [6.45, 7) is 7.52. The lowest BCUT2D eigenvalue weighted by molar-refractivity contribution is -0.0853. The Bertz CT molecular complexity index is 771. The topological polar surface area (TPSA) is 114 Å². The van der Waals surface area contributed by atoms with Gasteiger partial charge in [0.2, 0.25) is 0 Å². The van der Waals surface area contributed by atoms with Crippen LogP contribution in [0.1, 0.15) is 36.1 Å². The third kappa shape index (κ3) is 3.07. The van der Waals surface area contributed by atoms with E-state index in [0.29, 0.717) is 11.4 Å². The molecule has 134 valence electrons. The van der Waals surface area contributed by atoms with Crippen LogP contribution in [0.15, 0.2) is 37.2 Å². The summed E-state index contributed by atoms with van der Waals surface area (Å²) < 4.78 is 7.31. The maximum atomic E-state index is 10.5. The van der Waals surface area contributed by atoms with Gasteiger partial charge in [0.25, 0.3) is 0 Å². The molecule has 0 amide bonds. The quantitative estimate of drug-likeness (QED) is 0.661. The van der Waals surface area contributed by atoms with E-state index in [1.165, 1.54) is 10.8 Å². The van der Waals surface area contributed by atoms with Crippen LogP contribution in [0.3, 0.4) is 0 Å². The lowest BCUT2D eigenvalue weighted by Gasteiger charge is -2.21. The molecule has 0 bridgehead atoms. The Morgan fingerprint density at radius 1 is 1.32 bits per heavy atom. The van der Waals surface area contributed by atoms with Crippen LogP contribution in [-0.4, -0.2) is 43.2 Å². The SMILES string of the molecule is C=C(C)c1ccn(C2OC(C(O)c3ccc(C)nc3)C(O)C2O)c1N. The number of aromatic nitrogens is 2. The number of nitrogens with zero attached hydrogens (tertiary/aromatic N) is 2. The molecule has 3 rings (SSSR count). The molecule has 5 atom stereocenters. The number of hydrogen-bond acceptors (Lipinski definition) is 6. The van der Waals surface area contributed by atoms with Gasteiger partial charge < -0.3 is 30.4 Å². The molecule has 0 aromatic carbocycles. The van der Waals surface area contributed by atoms with Gasteiger partial charge in [-0.25, -0.2) is 0 Å². The van der Waals surface area contributed by atoms with Gasteiger partial charge in [-0.2, -0.15) is 0 Å². The van der Waals surface area contributed by atoms with Gasteiger partial charge in [0.05, 0.1) is 0 Å². The number of rotatable bonds is 4. The second-order valence-corrected chi connectivity index (χ2v) is 6.45. The average Bonchev–Trinajstić information content (AvgIpc) is 3.09. The molecule has 0 saturated carbocycles. The molecule has 0 aliphatic carbocycles. The van der Waals surface area contributed by atoms with Crippen molar-refractivity contribution in [2.75, 3.05) is 5.73 Å². The van der Waals surface area contributed by atoms with E-state index in [2.05, 4.69) is 11.6 Å². The molecule has 2 aromatic heterocycles. The van der Waals surface area contributed by atoms with Crippen molar-refractivity contribution in [3.63, 3.8) is 0 Å². The molecule has 0 spiro atoms. The molecule has 5 unspecified atom stereocenters. The van der Waals surface area contributed by atoms with Crippen LogP contribution < -0.4 is 5.73 Å². The van der Waals surface area contributed by atoms with E-state index in [-0.39, 0.29) is 0 Å². The standard InChI is InChI=1S/C18H23N3O4/c1-9(2)12-6-7-21(17(12)19)18-15(24)14(23)16(25-18)13(22)11-5-4-10(3)20-8-11/h4-8,13-16,18,22-24H,1,19H2,2-3H3. The minimum Gasteiger partial charge on any atom is -0.387 e. The van der Waals surface area contributed by atoms with Gasteiger partial charge in [-0.05, 0) is 31.6 Å². The summed E-state index contributed by atoms with van der Waals surface area (Å²) in [5.41, 5.74) is 8.95. The van der Waals surface area contributed by atoms with E-state index >= 15 is 0 Å². The Morgan fingerprint density at radius 3 is 2.60 bits per heavy atom. The number of hydrogen-bond donors (Lipinski definition) is 4. The maximum absolute atomic E-state index is 10.5. The molecule has 2 aromatic rings. The number of aliphatic hydroxyl groups excluding tert-OH is 3. The van der Waals surface area contributed by atoms with Gasteiger partial charge in [-0.15, -0.1) is 0 Å². The molecule has 5 N–H and O–H groups in total. The summed E-state index contributed by atoms with van der Waals surface area (Å²) in [7, 11) is 0. The van der Waals surface area contributed by atoms with E-state index in [1.807, 2.05) is 13.8 Å². The monoisotopic (exact) mass is 345 g/mol. The Balaban J connectivity index is 1.86. The van der Waals surface area contributed by atoms with E-state index in [9.17, 15) is 15.3 Å². The summed E-state index contributed by atoms with van der Waals surface area (Å²) >= 11 is 0. The lowest BCUT2D eigenvalue weighted by atomic mass is 10.0. The summed E-state index contributed by atoms with van der Waals surface area (Å²) in [6.07, 6.45) is -2.33. The molecule has 3 heterocycles. The highest BCUT2D eigenvalue weighted by molar-refractivity contribution is 5.70. The Hall–Kier alpha value is -2.19. The number of ether oxygens (including phenoxy) is 1. The zero-order valence-electron chi connectivity index (χ0n) is 14.2. The van der Waals surface area contributed by atoms with Crippen LogP contribution in [0.25, 0.3) is 5.57 Å². The van der Waals surface area contributed by atoms with Crippen molar-refractivity contribution in [3.8, 4) is 0 Å². The predicted molar refractivity (Wildman–Crippen MR) is 93.4 cm³/mol. The number of pyridine rings is 1. The number of anilines is 1. The number of allylic oxidation sites excluding steroid dienone is 1. The predicted octanol–water partition coefficient (Wildman–Crippen LogP) is 1.16. The summed E-state index contributed by atoms with van der Waals surface area (Å²) in [5, 5.41) is 31.3. The zero-order valence-corrected chi connectivity index (χ0v) is 14.2. The van der Waals surface area contributed by atoms with E-state index in [4.69, 9.17) is 10.5 Å². The Morgan fingerprint density at radius 2 is 2.04 bits per heavy atom. The van der Waals surface area contributed by atoms with Gasteiger partial charge >= 0.3 is 0 Å². The first-order chi connectivity index (χ1) is 11.8. The summed E-state index contributed by atoms with van der Waals surface area (Å²) in [4.78, 5) is 4.14. The van der Waals surface area contributed by atoms with Crippen LogP contribution in [-0.2, 0) is 4.74 Å². The molecule has 0 radical (unpaired) electrons. The normalized spacial score (nSPS) is 27.4. The van der Waals surface area contributed by atoms with Crippen molar-refractivity contribution >= 4 is 11.4 Å². The Kier molecular flexibility index (Phi) is 4.66. The molecule has 1 aliphatic heterocycles. The van der Waals surface area contributed by atoms with Crippen molar-refractivity contribution < 1.29 is 20.1 Å². The van der Waals surface area contributed by atoms with Crippen LogP contribution in [0.4, 0.5) is 5.82 Å². The fourth-order valence-corrected chi connectivity index (χ4v) is 3.06. The molecular formula is C18H23N3O4. The molecule has 1 saturated heterocycles. The van der Waals surface area contributed by atoms with E-state index in [0.717, 1.165) is 16.8 Å². The van der Waals surface area contributed by atoms with Crippen LogP contribution in [0.2, 0.25) is 0 Å². The molecule has 7 heteroatoms. The molecule has 7 nitrogen and oxygen atoms in total. The highest BCUT2D eigenvalue weighted by Gasteiger charge is 2.47. The molecule has 1 aliphatic rings. The number of aliphatic hydroxyl groups is 3. The molecule has 1 fully saturated rings. The van der Waals surface area contributed by atoms with Gasteiger partial charge in [0.15, 0.2) is 6.23 Å². The van der Waals surface area contributed by atoms with Crippen molar-refractivity contribution in [1.82, 2.24) is 9.55 Å². The lowest BCUT2D eigenvalue weighted by Crippen LogP contribution is -2.35.